The number of halogens is 4. The van der Waals surface area contributed by atoms with Crippen molar-refractivity contribution in [1.29, 1.82) is 0 Å². The zero-order chi connectivity index (χ0) is 25.4. The molecular weight excluding hydrogens is 489 g/mol. The van der Waals surface area contributed by atoms with Crippen molar-refractivity contribution in [1.82, 2.24) is 9.80 Å². The Balaban J connectivity index is 1.50. The van der Waals surface area contributed by atoms with Crippen LogP contribution < -0.4 is 0 Å². The summed E-state index contributed by atoms with van der Waals surface area (Å²) in [7, 11) is 2.14. The smallest absolute Gasteiger partial charge is 0.391 e. The van der Waals surface area contributed by atoms with Gasteiger partial charge in [0, 0.05) is 29.7 Å². The SMILES string of the molecule is CN1CCCC1C1=CN([C@H]2C(OC3CCCC3)C(c3cc(C(F)(F)F)ccc3Cl)CC[C@H]2O)CC=C1. The van der Waals surface area contributed by atoms with Crippen LogP contribution in [0.2, 0.25) is 5.02 Å². The van der Waals surface area contributed by atoms with Crippen LogP contribution in [0.25, 0.3) is 0 Å². The second kappa shape index (κ2) is 10.7. The molecule has 0 amide bonds. The number of ether oxygens (including phenoxy) is 1. The number of likely N-dealkylation sites (tertiary alicyclic amines) is 1. The average Bonchev–Trinajstić information content (AvgIpc) is 3.51. The number of nitrogens with zero attached hydrogens (tertiary/aromatic N) is 2. The second-order valence-corrected chi connectivity index (χ2v) is 11.3. The number of benzene rings is 1. The Hall–Kier alpha value is -1.54. The van der Waals surface area contributed by atoms with Crippen LogP contribution in [0.15, 0.2) is 42.1 Å². The van der Waals surface area contributed by atoms with Gasteiger partial charge in [-0.25, -0.2) is 0 Å². The van der Waals surface area contributed by atoms with Crippen LogP contribution in [-0.4, -0.2) is 65.4 Å². The van der Waals surface area contributed by atoms with E-state index in [-0.39, 0.29) is 18.1 Å². The third kappa shape index (κ3) is 5.35. The van der Waals surface area contributed by atoms with Crippen molar-refractivity contribution in [3.8, 4) is 0 Å². The van der Waals surface area contributed by atoms with E-state index in [1.165, 1.54) is 17.7 Å². The zero-order valence-electron chi connectivity index (χ0n) is 20.8. The van der Waals surface area contributed by atoms with Gasteiger partial charge in [0.15, 0.2) is 0 Å². The molecule has 1 saturated heterocycles. The summed E-state index contributed by atoms with van der Waals surface area (Å²) >= 11 is 6.53. The quantitative estimate of drug-likeness (QED) is 0.501. The Bertz CT molecular complexity index is 991. The van der Waals surface area contributed by atoms with Crippen molar-refractivity contribution in [3.05, 3.63) is 58.3 Å². The minimum atomic E-state index is -4.45. The molecule has 8 heteroatoms. The van der Waals surface area contributed by atoms with E-state index in [9.17, 15) is 18.3 Å². The summed E-state index contributed by atoms with van der Waals surface area (Å²) in [5.41, 5.74) is 0.988. The van der Waals surface area contributed by atoms with Gasteiger partial charge < -0.3 is 14.7 Å². The molecule has 3 unspecified atom stereocenters. The summed E-state index contributed by atoms with van der Waals surface area (Å²) in [6.07, 6.45) is 8.29. The molecule has 36 heavy (non-hydrogen) atoms. The summed E-state index contributed by atoms with van der Waals surface area (Å²) in [6.45, 7) is 1.70. The fourth-order valence-corrected chi connectivity index (χ4v) is 6.90. The standard InChI is InChI=1S/C28H36ClF3N2O2/c1-33-14-5-9-24(33)18-6-4-15-34(17-18)26-25(35)13-11-21(27(26)36-20-7-2-3-8-20)22-16-19(28(30,31)32)10-12-23(22)29/h4,6,10,12,16-17,20-21,24-27,35H,2-3,5,7-9,11,13-15H2,1H3/t21?,24?,25-,26-,27?/m1/s1. The highest BCUT2D eigenvalue weighted by Gasteiger charge is 2.45. The molecule has 2 aliphatic heterocycles. The van der Waals surface area contributed by atoms with Crippen molar-refractivity contribution >= 4 is 11.6 Å². The van der Waals surface area contributed by atoms with Gasteiger partial charge in [-0.1, -0.05) is 36.6 Å². The van der Waals surface area contributed by atoms with Gasteiger partial charge in [-0.2, -0.15) is 13.2 Å². The molecule has 0 radical (unpaired) electrons. The molecule has 0 spiro atoms. The molecule has 4 nitrogen and oxygen atoms in total. The summed E-state index contributed by atoms with van der Waals surface area (Å²) in [5, 5.41) is 11.6. The molecule has 0 aromatic heterocycles. The predicted octanol–water partition coefficient (Wildman–Crippen LogP) is 6.14. The minimum absolute atomic E-state index is 0.0552. The second-order valence-electron chi connectivity index (χ2n) is 10.8. The molecule has 4 aliphatic rings. The van der Waals surface area contributed by atoms with E-state index in [0.29, 0.717) is 36.0 Å². The van der Waals surface area contributed by atoms with Crippen LogP contribution in [0, 0.1) is 0 Å². The van der Waals surface area contributed by atoms with E-state index in [1.807, 2.05) is 0 Å². The van der Waals surface area contributed by atoms with Gasteiger partial charge in [0.1, 0.15) is 0 Å². The summed E-state index contributed by atoms with van der Waals surface area (Å²) in [5.74, 6) is -0.328. The number of aliphatic hydroxyl groups is 1. The Kier molecular flexibility index (Phi) is 7.74. The number of alkyl halides is 3. The Labute approximate surface area is 216 Å². The summed E-state index contributed by atoms with van der Waals surface area (Å²) in [4.78, 5) is 4.52. The van der Waals surface area contributed by atoms with Gasteiger partial charge in [0.25, 0.3) is 0 Å². The Morgan fingerprint density at radius 3 is 2.53 bits per heavy atom. The number of hydrogen-bond acceptors (Lipinski definition) is 4. The van der Waals surface area contributed by atoms with E-state index in [0.717, 1.165) is 51.1 Å². The maximum Gasteiger partial charge on any atom is 0.416 e. The first-order valence-electron chi connectivity index (χ1n) is 13.3. The largest absolute Gasteiger partial charge is 0.416 e. The van der Waals surface area contributed by atoms with Gasteiger partial charge in [-0.05, 0) is 81.5 Å². The first-order valence-corrected chi connectivity index (χ1v) is 13.6. The van der Waals surface area contributed by atoms with Gasteiger partial charge >= 0.3 is 6.18 Å². The third-order valence-corrected chi connectivity index (χ3v) is 8.85. The van der Waals surface area contributed by atoms with Crippen molar-refractivity contribution < 1.29 is 23.0 Å². The fourth-order valence-electron chi connectivity index (χ4n) is 6.64. The monoisotopic (exact) mass is 524 g/mol. The molecular formula is C28H36ClF3N2O2. The Morgan fingerprint density at radius 2 is 1.83 bits per heavy atom. The van der Waals surface area contributed by atoms with Crippen LogP contribution in [0.1, 0.15) is 68.4 Å². The highest BCUT2D eigenvalue weighted by atomic mass is 35.5. The third-order valence-electron chi connectivity index (χ3n) is 8.51. The van der Waals surface area contributed by atoms with Gasteiger partial charge in [0.05, 0.1) is 29.9 Å². The van der Waals surface area contributed by atoms with Crippen LogP contribution in [0.4, 0.5) is 13.2 Å². The van der Waals surface area contributed by atoms with Crippen LogP contribution >= 0.6 is 11.6 Å². The summed E-state index contributed by atoms with van der Waals surface area (Å²) in [6, 6.07) is 3.56. The molecule has 1 aromatic carbocycles. The van der Waals surface area contributed by atoms with Crippen LogP contribution in [0.5, 0.6) is 0 Å². The molecule has 198 valence electrons. The fraction of sp³-hybridized carbons (Fsp3) is 0.643. The molecule has 1 N–H and O–H groups in total. The van der Waals surface area contributed by atoms with Gasteiger partial charge in [-0.3, -0.25) is 4.90 Å². The lowest BCUT2D eigenvalue weighted by molar-refractivity contribution is -0.137. The molecule has 5 atom stereocenters. The Morgan fingerprint density at radius 1 is 1.06 bits per heavy atom. The highest BCUT2D eigenvalue weighted by Crippen LogP contribution is 2.44. The molecule has 5 rings (SSSR count). The summed E-state index contributed by atoms with van der Waals surface area (Å²) < 4.78 is 47.5. The number of rotatable bonds is 5. The molecule has 2 heterocycles. The molecule has 1 aromatic rings. The first-order chi connectivity index (χ1) is 17.2. The molecule has 0 bridgehead atoms. The topological polar surface area (TPSA) is 35.9 Å². The van der Waals surface area contributed by atoms with Crippen molar-refractivity contribution in [2.24, 2.45) is 0 Å². The lowest BCUT2D eigenvalue weighted by Gasteiger charge is -2.48. The lowest BCUT2D eigenvalue weighted by Crippen LogP contribution is -2.56. The minimum Gasteiger partial charge on any atom is -0.391 e. The normalized spacial score (nSPS) is 32.3. The van der Waals surface area contributed by atoms with E-state index in [1.54, 1.807) is 0 Å². The predicted molar refractivity (Wildman–Crippen MR) is 135 cm³/mol. The van der Waals surface area contributed by atoms with E-state index < -0.39 is 23.9 Å². The molecule has 2 aliphatic carbocycles. The van der Waals surface area contributed by atoms with Gasteiger partial charge in [-0.15, -0.1) is 0 Å². The average molecular weight is 525 g/mol. The van der Waals surface area contributed by atoms with Gasteiger partial charge in [0.2, 0.25) is 0 Å². The lowest BCUT2D eigenvalue weighted by atomic mass is 9.76. The zero-order valence-corrected chi connectivity index (χ0v) is 21.5. The van der Waals surface area contributed by atoms with E-state index in [4.69, 9.17) is 16.3 Å². The van der Waals surface area contributed by atoms with Crippen molar-refractivity contribution in [3.63, 3.8) is 0 Å². The molecule has 2 saturated carbocycles. The number of hydrogen-bond donors (Lipinski definition) is 1. The van der Waals surface area contributed by atoms with E-state index >= 15 is 0 Å². The number of aliphatic hydroxyl groups excluding tert-OH is 1. The van der Waals surface area contributed by atoms with Crippen LogP contribution in [0.3, 0.4) is 0 Å². The van der Waals surface area contributed by atoms with Crippen molar-refractivity contribution in [2.75, 3.05) is 20.1 Å². The maximum atomic E-state index is 13.6. The highest BCUT2D eigenvalue weighted by molar-refractivity contribution is 6.31. The molecule has 3 fully saturated rings. The van der Waals surface area contributed by atoms with Crippen molar-refractivity contribution in [2.45, 2.75) is 93.9 Å². The van der Waals surface area contributed by atoms with E-state index in [2.05, 4.69) is 35.2 Å². The van der Waals surface area contributed by atoms with Crippen LogP contribution in [-0.2, 0) is 10.9 Å². The first kappa shape index (κ1) is 26.1. The maximum absolute atomic E-state index is 13.6. The number of likely N-dealkylation sites (N-methyl/N-ethyl adjacent to an activating group) is 1.